The normalized spacial score (nSPS) is 12.0. The highest BCUT2D eigenvalue weighted by Crippen LogP contribution is 2.19. The van der Waals surface area contributed by atoms with Crippen LogP contribution in [-0.2, 0) is 0 Å². The Labute approximate surface area is 175 Å². The molecule has 0 saturated heterocycles. The molecule has 0 saturated carbocycles. The lowest BCUT2D eigenvalue weighted by molar-refractivity contribution is 0.866. The molecule has 2 aromatic carbocycles. The monoisotopic (exact) mass is 454 g/mol. The van der Waals surface area contributed by atoms with Crippen LogP contribution >= 0.6 is 27.3 Å². The number of hydrogen-bond acceptors (Lipinski definition) is 5. The molecule has 0 radical (unpaired) electrons. The summed E-state index contributed by atoms with van der Waals surface area (Å²) in [5.74, 6) is 0.561. The average molecular weight is 455 g/mol. The van der Waals surface area contributed by atoms with Crippen LogP contribution in [0.2, 0.25) is 0 Å². The van der Waals surface area contributed by atoms with E-state index >= 15 is 0 Å². The van der Waals surface area contributed by atoms with Gasteiger partial charge in [0.1, 0.15) is 0 Å². The van der Waals surface area contributed by atoms with Gasteiger partial charge in [0.05, 0.1) is 4.53 Å². The lowest BCUT2D eigenvalue weighted by atomic mass is 10.2. The Balaban J connectivity index is 1.68. The fraction of sp³-hybridized carbons (Fsp3) is 0.190. The Kier molecular flexibility index (Phi) is 5.28. The molecule has 4 rings (SSSR count). The Bertz CT molecular complexity index is 1210. The molecule has 0 spiro atoms. The van der Waals surface area contributed by atoms with Gasteiger partial charge in [-0.2, -0.15) is 9.50 Å². The molecule has 7 heteroatoms. The number of fused-ring (bicyclic) bond motifs is 1. The second-order valence-corrected chi connectivity index (χ2v) is 8.24. The van der Waals surface area contributed by atoms with Gasteiger partial charge in [0.2, 0.25) is 4.96 Å². The maximum absolute atomic E-state index is 12.7. The number of anilines is 1. The SMILES string of the molecule is CCN(CC)c1ccc(/C=c2/sc3nc(-c4ccc(Br)cc4)nn3c2=O)cc1. The minimum Gasteiger partial charge on any atom is -0.372 e. The quantitative estimate of drug-likeness (QED) is 0.457. The molecule has 0 bridgehead atoms. The molecule has 0 N–H and O–H groups in total. The third-order valence-corrected chi connectivity index (χ3v) is 6.09. The number of rotatable bonds is 5. The van der Waals surface area contributed by atoms with E-state index in [1.54, 1.807) is 0 Å². The first-order valence-corrected chi connectivity index (χ1v) is 10.7. The second-order valence-electron chi connectivity index (χ2n) is 6.32. The molecule has 2 heterocycles. The van der Waals surface area contributed by atoms with Crippen LogP contribution < -0.4 is 15.0 Å². The standard InChI is InChI=1S/C21H19BrN4OS/c1-3-25(4-2)17-11-5-14(6-12-17)13-18-20(27)26-21(28-18)23-19(24-26)15-7-9-16(22)10-8-15/h5-13H,3-4H2,1-2H3/b18-13+. The Morgan fingerprint density at radius 2 is 1.75 bits per heavy atom. The Morgan fingerprint density at radius 3 is 2.36 bits per heavy atom. The summed E-state index contributed by atoms with van der Waals surface area (Å²) in [6.07, 6.45) is 1.90. The van der Waals surface area contributed by atoms with E-state index in [9.17, 15) is 4.79 Å². The van der Waals surface area contributed by atoms with Crippen molar-refractivity contribution in [1.82, 2.24) is 14.6 Å². The number of hydrogen-bond donors (Lipinski definition) is 0. The van der Waals surface area contributed by atoms with Crippen LogP contribution in [0.15, 0.2) is 57.8 Å². The summed E-state index contributed by atoms with van der Waals surface area (Å²) in [7, 11) is 0. The third kappa shape index (κ3) is 3.59. The summed E-state index contributed by atoms with van der Waals surface area (Å²) in [6, 6.07) is 16.0. The summed E-state index contributed by atoms with van der Waals surface area (Å²) in [6.45, 7) is 6.23. The molecule has 142 valence electrons. The first-order valence-electron chi connectivity index (χ1n) is 9.11. The summed E-state index contributed by atoms with van der Waals surface area (Å²) in [5, 5.41) is 4.40. The average Bonchev–Trinajstić information content (AvgIpc) is 3.24. The van der Waals surface area contributed by atoms with Crippen molar-refractivity contribution in [1.29, 1.82) is 0 Å². The van der Waals surface area contributed by atoms with E-state index in [4.69, 9.17) is 0 Å². The van der Waals surface area contributed by atoms with Gasteiger partial charge in [0.15, 0.2) is 5.82 Å². The van der Waals surface area contributed by atoms with Gasteiger partial charge in [0, 0.05) is 28.8 Å². The van der Waals surface area contributed by atoms with E-state index in [0.29, 0.717) is 15.3 Å². The van der Waals surface area contributed by atoms with E-state index in [0.717, 1.165) is 28.7 Å². The highest BCUT2D eigenvalue weighted by Gasteiger charge is 2.12. The molecule has 0 amide bonds. The zero-order valence-electron chi connectivity index (χ0n) is 15.6. The van der Waals surface area contributed by atoms with Crippen molar-refractivity contribution in [2.45, 2.75) is 13.8 Å². The number of nitrogens with zero attached hydrogens (tertiary/aromatic N) is 4. The van der Waals surface area contributed by atoms with Crippen molar-refractivity contribution in [3.05, 3.63) is 73.5 Å². The minimum atomic E-state index is -0.135. The van der Waals surface area contributed by atoms with Gasteiger partial charge in [-0.15, -0.1) is 5.10 Å². The van der Waals surface area contributed by atoms with E-state index in [2.05, 4.69) is 56.9 Å². The molecule has 5 nitrogen and oxygen atoms in total. The Hall–Kier alpha value is -2.51. The highest BCUT2D eigenvalue weighted by atomic mass is 79.9. The maximum Gasteiger partial charge on any atom is 0.291 e. The molecule has 2 aromatic heterocycles. The predicted molar refractivity (Wildman–Crippen MR) is 119 cm³/mol. The molecule has 0 aliphatic heterocycles. The zero-order valence-corrected chi connectivity index (χ0v) is 18.0. The van der Waals surface area contributed by atoms with Gasteiger partial charge < -0.3 is 4.90 Å². The van der Waals surface area contributed by atoms with Crippen LogP contribution in [0.4, 0.5) is 5.69 Å². The molecule has 0 aliphatic rings. The predicted octanol–water partition coefficient (Wildman–Crippen LogP) is 3.97. The third-order valence-electron chi connectivity index (χ3n) is 4.60. The minimum absolute atomic E-state index is 0.135. The number of halogens is 1. The zero-order chi connectivity index (χ0) is 19.7. The van der Waals surface area contributed by atoms with Crippen molar-refractivity contribution < 1.29 is 0 Å². The van der Waals surface area contributed by atoms with Gasteiger partial charge in [-0.1, -0.05) is 51.5 Å². The highest BCUT2D eigenvalue weighted by molar-refractivity contribution is 9.10. The van der Waals surface area contributed by atoms with E-state index < -0.39 is 0 Å². The number of aromatic nitrogens is 3. The van der Waals surface area contributed by atoms with Crippen molar-refractivity contribution in [2.75, 3.05) is 18.0 Å². The van der Waals surface area contributed by atoms with Crippen LogP contribution in [0.1, 0.15) is 19.4 Å². The smallest absolute Gasteiger partial charge is 0.291 e. The summed E-state index contributed by atoms with van der Waals surface area (Å²) in [4.78, 5) is 20.1. The molecule has 0 aliphatic carbocycles. The fourth-order valence-electron chi connectivity index (χ4n) is 3.08. The van der Waals surface area contributed by atoms with E-state index in [1.165, 1.54) is 21.5 Å². The molecule has 28 heavy (non-hydrogen) atoms. The summed E-state index contributed by atoms with van der Waals surface area (Å²) in [5.41, 5.74) is 2.93. The van der Waals surface area contributed by atoms with Gasteiger partial charge >= 0.3 is 0 Å². The summed E-state index contributed by atoms with van der Waals surface area (Å²) >= 11 is 4.78. The largest absolute Gasteiger partial charge is 0.372 e. The Morgan fingerprint density at radius 1 is 1.07 bits per heavy atom. The molecule has 0 unspecified atom stereocenters. The van der Waals surface area contributed by atoms with Crippen molar-refractivity contribution in [2.24, 2.45) is 0 Å². The second kappa shape index (κ2) is 7.85. The molecule has 0 atom stereocenters. The number of thiazole rings is 1. The van der Waals surface area contributed by atoms with E-state index in [1.807, 2.05) is 42.5 Å². The van der Waals surface area contributed by atoms with Crippen LogP contribution in [0.5, 0.6) is 0 Å². The van der Waals surface area contributed by atoms with Crippen molar-refractivity contribution >= 4 is 44.0 Å². The fourth-order valence-corrected chi connectivity index (χ4v) is 4.25. The molecule has 4 aromatic rings. The maximum atomic E-state index is 12.7. The van der Waals surface area contributed by atoms with Crippen LogP contribution in [0, 0.1) is 0 Å². The number of benzene rings is 2. The lowest BCUT2D eigenvalue weighted by Crippen LogP contribution is -2.23. The first kappa shape index (κ1) is 18.8. The van der Waals surface area contributed by atoms with Gasteiger partial charge in [-0.05, 0) is 49.8 Å². The van der Waals surface area contributed by atoms with Crippen LogP contribution in [0.3, 0.4) is 0 Å². The van der Waals surface area contributed by atoms with Gasteiger partial charge in [-0.25, -0.2) is 0 Å². The van der Waals surface area contributed by atoms with Crippen molar-refractivity contribution in [3.63, 3.8) is 0 Å². The first-order chi connectivity index (χ1) is 13.6. The van der Waals surface area contributed by atoms with Gasteiger partial charge in [0.25, 0.3) is 5.56 Å². The summed E-state index contributed by atoms with van der Waals surface area (Å²) < 4.78 is 3.01. The van der Waals surface area contributed by atoms with Crippen molar-refractivity contribution in [3.8, 4) is 11.4 Å². The molecular formula is C21H19BrN4OS. The topological polar surface area (TPSA) is 50.5 Å². The molecule has 0 fully saturated rings. The lowest BCUT2D eigenvalue weighted by Gasteiger charge is -2.20. The van der Waals surface area contributed by atoms with Crippen LogP contribution in [-0.4, -0.2) is 27.7 Å². The molecular weight excluding hydrogens is 436 g/mol. The van der Waals surface area contributed by atoms with E-state index in [-0.39, 0.29) is 5.56 Å². The van der Waals surface area contributed by atoms with Crippen LogP contribution in [0.25, 0.3) is 22.4 Å². The van der Waals surface area contributed by atoms with Gasteiger partial charge in [-0.3, -0.25) is 4.79 Å².